The van der Waals surface area contributed by atoms with Gasteiger partial charge in [0.05, 0.1) is 11.4 Å². The minimum atomic E-state index is 0.361. The summed E-state index contributed by atoms with van der Waals surface area (Å²) in [6, 6.07) is 7.88. The molecule has 0 aliphatic rings. The number of alkyl halides is 1. The van der Waals surface area contributed by atoms with Gasteiger partial charge in [0.2, 0.25) is 0 Å². The minimum absolute atomic E-state index is 0.361. The Labute approximate surface area is 126 Å². The normalized spacial score (nSPS) is 12.7. The number of halogens is 2. The third-order valence-electron chi connectivity index (χ3n) is 2.41. The van der Waals surface area contributed by atoms with Gasteiger partial charge >= 0.3 is 0 Å². The van der Waals surface area contributed by atoms with Crippen LogP contribution in [0.3, 0.4) is 0 Å². The number of ether oxygens (including phenoxy) is 2. The predicted octanol–water partition coefficient (Wildman–Crippen LogP) is 3.17. The molecule has 5 heteroatoms. The number of likely N-dealkylation sites (N-methyl/N-ethyl adjacent to an activating group) is 1. The second kappa shape index (κ2) is 8.91. The first kappa shape index (κ1) is 16.0. The molecule has 0 radical (unpaired) electrons. The molecule has 1 rings (SSSR count). The average Bonchev–Trinajstić information content (AvgIpc) is 2.32. The summed E-state index contributed by atoms with van der Waals surface area (Å²) in [7, 11) is 3.79. The van der Waals surface area contributed by atoms with Crippen LogP contribution in [0.25, 0.3) is 0 Å². The summed E-state index contributed by atoms with van der Waals surface area (Å²) in [5.41, 5.74) is 0. The quantitative estimate of drug-likeness (QED) is 0.646. The lowest BCUT2D eigenvalue weighted by molar-refractivity contribution is 0.178. The van der Waals surface area contributed by atoms with Crippen LogP contribution in [0.2, 0.25) is 0 Å². The maximum Gasteiger partial charge on any atom is 0.119 e. The van der Waals surface area contributed by atoms with Gasteiger partial charge in [-0.3, -0.25) is 0 Å². The van der Waals surface area contributed by atoms with Crippen LogP contribution >= 0.6 is 31.9 Å². The van der Waals surface area contributed by atoms with Gasteiger partial charge < -0.3 is 14.4 Å². The summed E-state index contributed by atoms with van der Waals surface area (Å²) in [5.74, 6) is 0.902. The van der Waals surface area contributed by atoms with Gasteiger partial charge in [0.25, 0.3) is 0 Å². The fourth-order valence-corrected chi connectivity index (χ4v) is 2.54. The molecule has 1 atom stereocenters. The largest absolute Gasteiger partial charge is 0.492 e. The van der Waals surface area contributed by atoms with Gasteiger partial charge in [-0.1, -0.05) is 31.9 Å². The van der Waals surface area contributed by atoms with E-state index in [1.54, 1.807) is 7.11 Å². The van der Waals surface area contributed by atoms with Crippen LogP contribution in [-0.2, 0) is 4.74 Å². The lowest BCUT2D eigenvalue weighted by Gasteiger charge is -2.19. The summed E-state index contributed by atoms with van der Waals surface area (Å²) in [5, 5.41) is 0. The average molecular weight is 381 g/mol. The van der Waals surface area contributed by atoms with Crippen molar-refractivity contribution < 1.29 is 9.47 Å². The highest BCUT2D eigenvalue weighted by Crippen LogP contribution is 2.15. The molecule has 1 unspecified atom stereocenters. The second-order valence-electron chi connectivity index (χ2n) is 4.12. The Balaban J connectivity index is 2.18. The van der Waals surface area contributed by atoms with Crippen LogP contribution in [0.15, 0.2) is 28.7 Å². The number of hydrogen-bond donors (Lipinski definition) is 0. The lowest BCUT2D eigenvalue weighted by Crippen LogP contribution is -2.31. The van der Waals surface area contributed by atoms with Crippen LogP contribution in [0.4, 0.5) is 0 Å². The van der Waals surface area contributed by atoms with Crippen LogP contribution in [0, 0.1) is 0 Å². The molecule has 0 aliphatic heterocycles. The predicted molar refractivity (Wildman–Crippen MR) is 81.7 cm³/mol. The van der Waals surface area contributed by atoms with Crippen LogP contribution in [0.1, 0.15) is 0 Å². The fourth-order valence-electron chi connectivity index (χ4n) is 1.51. The molecule has 0 heterocycles. The third-order valence-corrected chi connectivity index (χ3v) is 3.50. The number of methoxy groups -OCH3 is 1. The molecule has 0 saturated carbocycles. The van der Waals surface area contributed by atoms with Crippen molar-refractivity contribution in [2.24, 2.45) is 0 Å². The smallest absolute Gasteiger partial charge is 0.119 e. The Kier molecular flexibility index (Phi) is 7.90. The maximum absolute atomic E-state index is 5.66. The van der Waals surface area contributed by atoms with E-state index in [4.69, 9.17) is 9.47 Å². The molecule has 0 saturated heterocycles. The zero-order chi connectivity index (χ0) is 13.4. The summed E-state index contributed by atoms with van der Waals surface area (Å²) < 4.78 is 11.8. The lowest BCUT2D eigenvalue weighted by atomic mass is 10.3. The van der Waals surface area contributed by atoms with Crippen molar-refractivity contribution in [2.75, 3.05) is 40.5 Å². The Morgan fingerprint density at radius 3 is 2.56 bits per heavy atom. The summed E-state index contributed by atoms with van der Waals surface area (Å²) in [4.78, 5) is 2.58. The highest BCUT2D eigenvalue weighted by molar-refractivity contribution is 9.10. The molecule has 0 N–H and O–H groups in total. The van der Waals surface area contributed by atoms with Crippen LogP contribution in [0.5, 0.6) is 5.75 Å². The highest BCUT2D eigenvalue weighted by Gasteiger charge is 2.07. The first-order valence-corrected chi connectivity index (χ1v) is 7.52. The van der Waals surface area contributed by atoms with E-state index in [-0.39, 0.29) is 0 Å². The standard InChI is InChI=1S/C13H19Br2NO2/c1-16(9-12(15)10-17-2)7-8-18-13-5-3-11(14)4-6-13/h3-6,12H,7-10H2,1-2H3. The zero-order valence-electron chi connectivity index (χ0n) is 10.7. The van der Waals surface area contributed by atoms with E-state index in [0.717, 1.165) is 29.9 Å². The van der Waals surface area contributed by atoms with Gasteiger partial charge in [-0.15, -0.1) is 0 Å². The summed E-state index contributed by atoms with van der Waals surface area (Å²) >= 11 is 6.97. The van der Waals surface area contributed by atoms with E-state index >= 15 is 0 Å². The SMILES string of the molecule is COCC(Br)CN(C)CCOc1ccc(Br)cc1. The van der Waals surface area contributed by atoms with Gasteiger partial charge in [-0.25, -0.2) is 0 Å². The molecule has 3 nitrogen and oxygen atoms in total. The number of nitrogens with zero attached hydrogens (tertiary/aromatic N) is 1. The number of hydrogen-bond acceptors (Lipinski definition) is 3. The second-order valence-corrected chi connectivity index (χ2v) is 6.33. The van der Waals surface area contributed by atoms with E-state index in [2.05, 4.69) is 43.8 Å². The van der Waals surface area contributed by atoms with E-state index in [9.17, 15) is 0 Å². The van der Waals surface area contributed by atoms with Gasteiger partial charge in [-0.05, 0) is 31.3 Å². The molecule has 0 amide bonds. The Hall–Kier alpha value is -0.100. The minimum Gasteiger partial charge on any atom is -0.492 e. The van der Waals surface area contributed by atoms with Crippen molar-refractivity contribution in [3.63, 3.8) is 0 Å². The van der Waals surface area contributed by atoms with Crippen LogP contribution in [-0.4, -0.2) is 50.2 Å². The first-order valence-electron chi connectivity index (χ1n) is 5.81. The molecular weight excluding hydrogens is 362 g/mol. The van der Waals surface area contributed by atoms with Crippen molar-refractivity contribution >= 4 is 31.9 Å². The number of benzene rings is 1. The summed E-state index contributed by atoms with van der Waals surface area (Å²) in [6.07, 6.45) is 0. The highest BCUT2D eigenvalue weighted by atomic mass is 79.9. The molecule has 0 fully saturated rings. The monoisotopic (exact) mass is 379 g/mol. The molecule has 0 spiro atoms. The Morgan fingerprint density at radius 2 is 1.94 bits per heavy atom. The molecule has 1 aromatic carbocycles. The molecule has 0 aliphatic carbocycles. The zero-order valence-corrected chi connectivity index (χ0v) is 13.9. The van der Waals surface area contributed by atoms with Crippen molar-refractivity contribution in [1.82, 2.24) is 4.90 Å². The fraction of sp³-hybridized carbons (Fsp3) is 0.538. The molecule has 102 valence electrons. The van der Waals surface area contributed by atoms with Crippen LogP contribution < -0.4 is 4.74 Å². The molecule has 0 aromatic heterocycles. The molecule has 1 aromatic rings. The van der Waals surface area contributed by atoms with Crippen molar-refractivity contribution in [3.05, 3.63) is 28.7 Å². The van der Waals surface area contributed by atoms with E-state index < -0.39 is 0 Å². The Bertz CT molecular complexity index is 332. The first-order chi connectivity index (χ1) is 8.61. The third kappa shape index (κ3) is 6.73. The van der Waals surface area contributed by atoms with Gasteiger partial charge in [0.1, 0.15) is 12.4 Å². The topological polar surface area (TPSA) is 21.7 Å². The van der Waals surface area contributed by atoms with Gasteiger partial charge in [-0.2, -0.15) is 0 Å². The van der Waals surface area contributed by atoms with E-state index in [0.29, 0.717) is 11.4 Å². The maximum atomic E-state index is 5.66. The van der Waals surface area contributed by atoms with E-state index in [1.807, 2.05) is 24.3 Å². The molecule has 0 bridgehead atoms. The molecular formula is C13H19Br2NO2. The summed E-state index contributed by atoms with van der Waals surface area (Å²) in [6.45, 7) is 3.24. The Morgan fingerprint density at radius 1 is 1.28 bits per heavy atom. The van der Waals surface area contributed by atoms with Crippen molar-refractivity contribution in [3.8, 4) is 5.75 Å². The van der Waals surface area contributed by atoms with E-state index in [1.165, 1.54) is 0 Å². The van der Waals surface area contributed by atoms with Crippen molar-refractivity contribution in [2.45, 2.75) is 4.83 Å². The van der Waals surface area contributed by atoms with Crippen molar-refractivity contribution in [1.29, 1.82) is 0 Å². The number of rotatable bonds is 8. The molecule has 18 heavy (non-hydrogen) atoms. The van der Waals surface area contributed by atoms with Gasteiger partial charge in [0.15, 0.2) is 0 Å². The van der Waals surface area contributed by atoms with Gasteiger partial charge in [0, 0.05) is 24.7 Å².